The Labute approximate surface area is 102 Å². The van der Waals surface area contributed by atoms with Gasteiger partial charge < -0.3 is 0 Å². The third-order valence-electron chi connectivity index (χ3n) is 3.28. The lowest BCUT2D eigenvalue weighted by Gasteiger charge is -2.15. The van der Waals surface area contributed by atoms with E-state index in [2.05, 4.69) is 32.0 Å². The molecule has 0 aliphatic heterocycles. The number of hydrogen-bond acceptors (Lipinski definition) is 0. The highest BCUT2D eigenvalue weighted by Crippen LogP contribution is 2.25. The van der Waals surface area contributed by atoms with Crippen molar-refractivity contribution in [1.82, 2.24) is 0 Å². The molecule has 0 bridgehead atoms. The highest BCUT2D eigenvalue weighted by Gasteiger charge is 2.08. The first kappa shape index (κ1) is 13.4. The Kier molecular flexibility index (Phi) is 6.29. The minimum Gasteiger partial charge on any atom is -0.0964 e. The summed E-state index contributed by atoms with van der Waals surface area (Å²) in [4.78, 5) is 0. The van der Waals surface area contributed by atoms with Gasteiger partial charge in [-0.05, 0) is 24.3 Å². The Balaban J connectivity index is 2.47. The molecule has 0 nitrogen and oxygen atoms in total. The molecule has 86 valence electrons. The molecule has 0 aliphatic rings. The third-order valence-corrected chi connectivity index (χ3v) is 3.28. The molecule has 0 heterocycles. The molecule has 1 atom stereocenters. The van der Waals surface area contributed by atoms with Crippen LogP contribution in [0.4, 0.5) is 0 Å². The van der Waals surface area contributed by atoms with E-state index < -0.39 is 0 Å². The van der Waals surface area contributed by atoms with Crippen molar-refractivity contribution < 1.29 is 0 Å². The molecule has 1 unspecified atom stereocenters. The molecular formula is C15H23B. The van der Waals surface area contributed by atoms with E-state index in [0.717, 1.165) is 5.46 Å². The van der Waals surface area contributed by atoms with Crippen LogP contribution in [0.2, 0.25) is 0 Å². The lowest BCUT2D eigenvalue weighted by atomic mass is 9.86. The third kappa shape index (κ3) is 4.43. The summed E-state index contributed by atoms with van der Waals surface area (Å²) < 4.78 is 0. The molecule has 0 amide bonds. The summed E-state index contributed by atoms with van der Waals surface area (Å²) >= 11 is 0. The summed E-state index contributed by atoms with van der Waals surface area (Å²) in [5.41, 5.74) is 2.31. The SMILES string of the molecule is [B]c1cccc(C(CC)CCCCCC)c1. The second-order valence-corrected chi connectivity index (χ2v) is 4.62. The maximum atomic E-state index is 5.83. The van der Waals surface area contributed by atoms with Gasteiger partial charge in [-0.1, -0.05) is 69.3 Å². The van der Waals surface area contributed by atoms with Crippen LogP contribution in [0.5, 0.6) is 0 Å². The van der Waals surface area contributed by atoms with Crippen molar-refractivity contribution in [3.8, 4) is 0 Å². The van der Waals surface area contributed by atoms with Crippen molar-refractivity contribution in [2.45, 2.75) is 58.3 Å². The normalized spacial score (nSPS) is 12.6. The number of unbranched alkanes of at least 4 members (excludes halogenated alkanes) is 3. The van der Waals surface area contributed by atoms with Crippen LogP contribution in [-0.2, 0) is 0 Å². The topological polar surface area (TPSA) is 0 Å². The Hall–Kier alpha value is -0.715. The second-order valence-electron chi connectivity index (χ2n) is 4.62. The molecule has 1 heteroatoms. The zero-order valence-corrected chi connectivity index (χ0v) is 10.7. The van der Waals surface area contributed by atoms with E-state index in [1.807, 2.05) is 6.07 Å². The molecule has 2 radical (unpaired) electrons. The van der Waals surface area contributed by atoms with Gasteiger partial charge in [0.05, 0.1) is 0 Å². The van der Waals surface area contributed by atoms with E-state index in [1.54, 1.807) is 0 Å². The summed E-state index contributed by atoms with van der Waals surface area (Å²) in [7, 11) is 5.83. The first-order chi connectivity index (χ1) is 7.77. The summed E-state index contributed by atoms with van der Waals surface area (Å²) in [5, 5.41) is 0. The molecule has 0 saturated heterocycles. The lowest BCUT2D eigenvalue weighted by Crippen LogP contribution is -2.06. The van der Waals surface area contributed by atoms with Gasteiger partial charge in [-0.3, -0.25) is 0 Å². The van der Waals surface area contributed by atoms with Crippen molar-refractivity contribution >= 4 is 13.3 Å². The van der Waals surface area contributed by atoms with Crippen LogP contribution >= 0.6 is 0 Å². The monoisotopic (exact) mass is 214 g/mol. The largest absolute Gasteiger partial charge is 0.113 e. The van der Waals surface area contributed by atoms with Gasteiger partial charge in [-0.25, -0.2) is 0 Å². The van der Waals surface area contributed by atoms with Gasteiger partial charge in [0.2, 0.25) is 0 Å². The van der Waals surface area contributed by atoms with Gasteiger partial charge in [0.15, 0.2) is 0 Å². The van der Waals surface area contributed by atoms with Gasteiger partial charge >= 0.3 is 0 Å². The quantitative estimate of drug-likeness (QED) is 0.476. The molecule has 0 saturated carbocycles. The molecule has 0 N–H and O–H groups in total. The van der Waals surface area contributed by atoms with Crippen LogP contribution in [0.15, 0.2) is 24.3 Å². The van der Waals surface area contributed by atoms with E-state index in [4.69, 9.17) is 7.85 Å². The van der Waals surface area contributed by atoms with E-state index in [1.165, 1.54) is 44.1 Å². The van der Waals surface area contributed by atoms with Crippen LogP contribution in [0.1, 0.15) is 63.9 Å². The average Bonchev–Trinajstić information content (AvgIpc) is 2.29. The molecule has 1 aromatic carbocycles. The van der Waals surface area contributed by atoms with Gasteiger partial charge in [0.25, 0.3) is 0 Å². The number of rotatable bonds is 7. The molecular weight excluding hydrogens is 191 g/mol. The summed E-state index contributed by atoms with van der Waals surface area (Å²) in [5.74, 6) is 0.695. The van der Waals surface area contributed by atoms with Crippen molar-refractivity contribution in [2.75, 3.05) is 0 Å². The standard InChI is InChI=1S/C15H23B/c1-3-5-6-7-9-13(4-2)14-10-8-11-15(16)12-14/h8,10-13H,3-7,9H2,1-2H3. The minimum atomic E-state index is 0.695. The van der Waals surface area contributed by atoms with Gasteiger partial charge in [0.1, 0.15) is 7.85 Å². The van der Waals surface area contributed by atoms with Gasteiger partial charge in [-0.2, -0.15) is 0 Å². The summed E-state index contributed by atoms with van der Waals surface area (Å²) in [6.45, 7) is 4.53. The smallest absolute Gasteiger partial charge is 0.0964 e. The fourth-order valence-corrected chi connectivity index (χ4v) is 2.24. The van der Waals surface area contributed by atoms with Gasteiger partial charge in [0, 0.05) is 0 Å². The van der Waals surface area contributed by atoms with E-state index in [9.17, 15) is 0 Å². The van der Waals surface area contributed by atoms with E-state index in [-0.39, 0.29) is 0 Å². The number of benzene rings is 1. The molecule has 0 aliphatic carbocycles. The average molecular weight is 214 g/mol. The zero-order chi connectivity index (χ0) is 11.8. The Morgan fingerprint density at radius 2 is 1.94 bits per heavy atom. The fourth-order valence-electron chi connectivity index (χ4n) is 2.24. The molecule has 0 fully saturated rings. The Morgan fingerprint density at radius 1 is 1.12 bits per heavy atom. The van der Waals surface area contributed by atoms with Gasteiger partial charge in [-0.15, -0.1) is 0 Å². The predicted octanol–water partition coefficient (Wildman–Crippen LogP) is 3.94. The maximum absolute atomic E-state index is 5.83. The van der Waals surface area contributed by atoms with E-state index in [0.29, 0.717) is 5.92 Å². The molecule has 16 heavy (non-hydrogen) atoms. The van der Waals surface area contributed by atoms with Crippen LogP contribution in [0.3, 0.4) is 0 Å². The summed E-state index contributed by atoms with van der Waals surface area (Å²) in [6.07, 6.45) is 7.93. The van der Waals surface area contributed by atoms with Crippen molar-refractivity contribution in [3.63, 3.8) is 0 Å². The zero-order valence-electron chi connectivity index (χ0n) is 10.7. The molecule has 0 spiro atoms. The van der Waals surface area contributed by atoms with Crippen molar-refractivity contribution in [3.05, 3.63) is 29.8 Å². The summed E-state index contributed by atoms with van der Waals surface area (Å²) in [6, 6.07) is 8.38. The van der Waals surface area contributed by atoms with Crippen molar-refractivity contribution in [1.29, 1.82) is 0 Å². The predicted molar refractivity (Wildman–Crippen MR) is 73.6 cm³/mol. The Bertz CT molecular complexity index is 293. The van der Waals surface area contributed by atoms with E-state index >= 15 is 0 Å². The maximum Gasteiger partial charge on any atom is 0.113 e. The first-order valence-corrected chi connectivity index (χ1v) is 6.63. The molecule has 1 rings (SSSR count). The highest BCUT2D eigenvalue weighted by molar-refractivity contribution is 6.32. The molecule has 1 aromatic rings. The Morgan fingerprint density at radius 3 is 2.56 bits per heavy atom. The number of hydrogen-bond donors (Lipinski definition) is 0. The van der Waals surface area contributed by atoms with Crippen LogP contribution in [0, 0.1) is 0 Å². The second kappa shape index (κ2) is 7.54. The van der Waals surface area contributed by atoms with Crippen molar-refractivity contribution in [2.24, 2.45) is 0 Å². The minimum absolute atomic E-state index is 0.695. The lowest BCUT2D eigenvalue weighted by molar-refractivity contribution is 0.543. The van der Waals surface area contributed by atoms with Crippen LogP contribution in [0.25, 0.3) is 0 Å². The first-order valence-electron chi connectivity index (χ1n) is 6.63. The van der Waals surface area contributed by atoms with Crippen LogP contribution < -0.4 is 5.46 Å². The molecule has 0 aromatic heterocycles. The fraction of sp³-hybridized carbons (Fsp3) is 0.600. The highest BCUT2D eigenvalue weighted by atomic mass is 14.1. The van der Waals surface area contributed by atoms with Crippen LogP contribution in [-0.4, -0.2) is 7.85 Å².